The summed E-state index contributed by atoms with van der Waals surface area (Å²) in [7, 11) is 0. The van der Waals surface area contributed by atoms with Crippen LogP contribution in [0.4, 0.5) is 5.69 Å². The summed E-state index contributed by atoms with van der Waals surface area (Å²) in [6, 6.07) is 7.83. The van der Waals surface area contributed by atoms with Gasteiger partial charge in [-0.05, 0) is 44.4 Å². The first-order chi connectivity index (χ1) is 12.4. The maximum absolute atomic E-state index is 12.6. The van der Waals surface area contributed by atoms with Gasteiger partial charge in [0.2, 0.25) is 5.91 Å². The van der Waals surface area contributed by atoms with Crippen molar-refractivity contribution >= 4 is 44.9 Å². The van der Waals surface area contributed by atoms with Gasteiger partial charge in [-0.1, -0.05) is 36.9 Å². The summed E-state index contributed by atoms with van der Waals surface area (Å²) in [5.41, 5.74) is 2.86. The molecule has 1 unspecified atom stereocenters. The van der Waals surface area contributed by atoms with Gasteiger partial charge >= 0.3 is 0 Å². The van der Waals surface area contributed by atoms with Crippen LogP contribution < -0.4 is 10.9 Å². The maximum atomic E-state index is 12.6. The lowest BCUT2D eigenvalue weighted by atomic mass is 10.1. The van der Waals surface area contributed by atoms with Gasteiger partial charge in [0.1, 0.15) is 4.83 Å². The van der Waals surface area contributed by atoms with Gasteiger partial charge in [-0.3, -0.25) is 9.59 Å². The van der Waals surface area contributed by atoms with Crippen molar-refractivity contribution in [3.63, 3.8) is 0 Å². The summed E-state index contributed by atoms with van der Waals surface area (Å²) in [5.74, 6) is -0.107. The number of benzene rings is 1. The third kappa shape index (κ3) is 3.83. The van der Waals surface area contributed by atoms with Gasteiger partial charge in [0.05, 0.1) is 10.6 Å². The van der Waals surface area contributed by atoms with Crippen molar-refractivity contribution in [3.05, 3.63) is 50.6 Å². The number of carbonyl (C=O) groups is 1. The first kappa shape index (κ1) is 18.7. The summed E-state index contributed by atoms with van der Waals surface area (Å²) in [4.78, 5) is 33.8. The third-order valence-electron chi connectivity index (χ3n) is 4.15. The normalized spacial score (nSPS) is 12.3. The van der Waals surface area contributed by atoms with E-state index in [0.717, 1.165) is 28.1 Å². The van der Waals surface area contributed by atoms with Crippen LogP contribution in [0.15, 0.2) is 34.2 Å². The smallest absolute Gasteiger partial charge is 0.260 e. The summed E-state index contributed by atoms with van der Waals surface area (Å²) < 4.78 is 0. The van der Waals surface area contributed by atoms with Crippen LogP contribution in [0.25, 0.3) is 10.2 Å². The highest BCUT2D eigenvalue weighted by molar-refractivity contribution is 8.00. The van der Waals surface area contributed by atoms with E-state index in [1.54, 1.807) is 0 Å². The number of aromatic nitrogens is 2. The van der Waals surface area contributed by atoms with Gasteiger partial charge in [-0.25, -0.2) is 4.98 Å². The minimum Gasteiger partial charge on any atom is -0.325 e. The highest BCUT2D eigenvalue weighted by Crippen LogP contribution is 2.26. The molecular weight excluding hydrogens is 366 g/mol. The van der Waals surface area contributed by atoms with Gasteiger partial charge in [0, 0.05) is 10.6 Å². The predicted molar refractivity (Wildman–Crippen MR) is 109 cm³/mol. The Kier molecular flexibility index (Phi) is 5.48. The SMILES string of the molecule is CCc1cccc(C)c1NC(=O)C(C)Sc1nc2sc(C)cc2c(=O)[nH]1. The van der Waals surface area contributed by atoms with Gasteiger partial charge in [0.15, 0.2) is 5.16 Å². The van der Waals surface area contributed by atoms with E-state index in [-0.39, 0.29) is 16.7 Å². The number of aryl methyl sites for hydroxylation is 3. The molecule has 1 aromatic carbocycles. The zero-order valence-electron chi connectivity index (χ0n) is 15.2. The minimum atomic E-state index is -0.388. The standard InChI is InChI=1S/C19H21N3O2S2/c1-5-13-8-6-7-10(2)15(13)20-16(23)12(4)26-19-21-17(24)14-9-11(3)25-18(14)22-19/h6-9,12H,5H2,1-4H3,(H,20,23)(H,21,22,24). The lowest BCUT2D eigenvalue weighted by molar-refractivity contribution is -0.115. The molecule has 1 amide bonds. The van der Waals surface area contributed by atoms with Gasteiger partial charge in [0.25, 0.3) is 5.56 Å². The van der Waals surface area contributed by atoms with E-state index < -0.39 is 0 Å². The van der Waals surface area contributed by atoms with Crippen LogP contribution in [0.1, 0.15) is 29.9 Å². The molecule has 0 spiro atoms. The number of H-pyrrole nitrogens is 1. The van der Waals surface area contributed by atoms with Crippen LogP contribution in [0.5, 0.6) is 0 Å². The number of carbonyl (C=O) groups excluding carboxylic acids is 1. The Morgan fingerprint density at radius 3 is 2.88 bits per heavy atom. The van der Waals surface area contributed by atoms with E-state index in [1.165, 1.54) is 23.1 Å². The predicted octanol–water partition coefficient (Wildman–Crippen LogP) is 4.28. The summed E-state index contributed by atoms with van der Waals surface area (Å²) >= 11 is 2.74. The number of rotatable bonds is 5. The van der Waals surface area contributed by atoms with E-state index in [1.807, 2.05) is 45.0 Å². The number of thiophene rings is 1. The zero-order valence-corrected chi connectivity index (χ0v) is 16.8. The number of para-hydroxylation sites is 1. The highest BCUT2D eigenvalue weighted by Gasteiger charge is 2.19. The molecule has 2 N–H and O–H groups in total. The molecule has 26 heavy (non-hydrogen) atoms. The fourth-order valence-electron chi connectivity index (χ4n) is 2.74. The third-order valence-corrected chi connectivity index (χ3v) is 6.08. The quantitative estimate of drug-likeness (QED) is 0.506. The number of anilines is 1. The van der Waals surface area contributed by atoms with Crippen LogP contribution >= 0.6 is 23.1 Å². The molecule has 2 aromatic heterocycles. The Bertz CT molecular complexity index is 1020. The van der Waals surface area contributed by atoms with Crippen molar-refractivity contribution in [1.29, 1.82) is 0 Å². The molecule has 0 aliphatic carbocycles. The summed E-state index contributed by atoms with van der Waals surface area (Å²) in [5, 5.41) is 3.70. The Morgan fingerprint density at radius 2 is 2.15 bits per heavy atom. The minimum absolute atomic E-state index is 0.107. The zero-order chi connectivity index (χ0) is 18.8. The first-order valence-corrected chi connectivity index (χ1v) is 10.1. The van der Waals surface area contributed by atoms with Crippen LogP contribution in [0.2, 0.25) is 0 Å². The number of nitrogens with one attached hydrogen (secondary N) is 2. The van der Waals surface area contributed by atoms with E-state index in [0.29, 0.717) is 15.4 Å². The fraction of sp³-hybridized carbons (Fsp3) is 0.316. The molecule has 3 aromatic rings. The number of thioether (sulfide) groups is 1. The van der Waals surface area contributed by atoms with Crippen molar-refractivity contribution in [3.8, 4) is 0 Å². The molecule has 1 atom stereocenters. The molecule has 0 bridgehead atoms. The topological polar surface area (TPSA) is 74.8 Å². The fourth-order valence-corrected chi connectivity index (χ4v) is 4.47. The molecule has 0 saturated carbocycles. The Balaban J connectivity index is 1.79. The van der Waals surface area contributed by atoms with Crippen molar-refractivity contribution in [1.82, 2.24) is 9.97 Å². The van der Waals surface area contributed by atoms with Gasteiger partial charge in [-0.15, -0.1) is 11.3 Å². The molecule has 0 aliphatic heterocycles. The van der Waals surface area contributed by atoms with Crippen molar-refractivity contribution in [2.24, 2.45) is 0 Å². The number of hydrogen-bond acceptors (Lipinski definition) is 5. The first-order valence-electron chi connectivity index (χ1n) is 8.45. The molecular formula is C19H21N3O2S2. The average Bonchev–Trinajstić information content (AvgIpc) is 2.97. The molecule has 136 valence electrons. The Hall–Kier alpha value is -2.12. The molecule has 0 aliphatic rings. The number of nitrogens with zero attached hydrogens (tertiary/aromatic N) is 1. The number of aromatic amines is 1. The second-order valence-corrected chi connectivity index (χ2v) is 8.72. The largest absolute Gasteiger partial charge is 0.325 e. The number of hydrogen-bond donors (Lipinski definition) is 2. The van der Waals surface area contributed by atoms with Crippen molar-refractivity contribution in [2.75, 3.05) is 5.32 Å². The average molecular weight is 388 g/mol. The Morgan fingerprint density at radius 1 is 1.38 bits per heavy atom. The molecule has 0 fully saturated rings. The van der Waals surface area contributed by atoms with Crippen molar-refractivity contribution in [2.45, 2.75) is 44.5 Å². The van der Waals surface area contributed by atoms with Crippen molar-refractivity contribution < 1.29 is 4.79 Å². The lowest BCUT2D eigenvalue weighted by Crippen LogP contribution is -2.24. The van der Waals surface area contributed by atoms with Crippen LogP contribution in [0.3, 0.4) is 0 Å². The van der Waals surface area contributed by atoms with Gasteiger partial charge in [-0.2, -0.15) is 0 Å². The van der Waals surface area contributed by atoms with E-state index in [4.69, 9.17) is 0 Å². The summed E-state index contributed by atoms with van der Waals surface area (Å²) in [6.45, 7) is 7.81. The molecule has 3 rings (SSSR count). The van der Waals surface area contributed by atoms with Crippen LogP contribution in [0, 0.1) is 13.8 Å². The number of fused-ring (bicyclic) bond motifs is 1. The molecule has 2 heterocycles. The van der Waals surface area contributed by atoms with E-state index in [9.17, 15) is 9.59 Å². The second kappa shape index (κ2) is 7.63. The Labute approximate surface area is 160 Å². The van der Waals surface area contributed by atoms with Crippen LogP contribution in [-0.4, -0.2) is 21.1 Å². The molecule has 0 saturated heterocycles. The molecule has 5 nitrogen and oxygen atoms in total. The molecule has 0 radical (unpaired) electrons. The number of amides is 1. The van der Waals surface area contributed by atoms with Gasteiger partial charge < -0.3 is 10.3 Å². The van der Waals surface area contributed by atoms with E-state index in [2.05, 4.69) is 22.2 Å². The summed E-state index contributed by atoms with van der Waals surface area (Å²) in [6.07, 6.45) is 0.849. The molecule has 7 heteroatoms. The van der Waals surface area contributed by atoms with E-state index >= 15 is 0 Å². The maximum Gasteiger partial charge on any atom is 0.260 e. The second-order valence-electron chi connectivity index (χ2n) is 6.16. The van der Waals surface area contributed by atoms with Crippen LogP contribution in [-0.2, 0) is 11.2 Å². The monoisotopic (exact) mass is 387 g/mol. The highest BCUT2D eigenvalue weighted by atomic mass is 32.2. The lowest BCUT2D eigenvalue weighted by Gasteiger charge is -2.16.